The minimum atomic E-state index is -4.42. The number of benzene rings is 1. The van der Waals surface area contributed by atoms with Gasteiger partial charge in [0.05, 0.1) is 17.4 Å². The Morgan fingerprint density at radius 2 is 2.10 bits per heavy atom. The van der Waals surface area contributed by atoms with Gasteiger partial charge in [0, 0.05) is 13.2 Å². The summed E-state index contributed by atoms with van der Waals surface area (Å²) in [6, 6.07) is 5.19. The quantitative estimate of drug-likeness (QED) is 0.588. The van der Waals surface area contributed by atoms with E-state index in [4.69, 9.17) is 17.0 Å². The van der Waals surface area contributed by atoms with Crippen LogP contribution in [0.25, 0.3) is 0 Å². The van der Waals surface area contributed by atoms with Gasteiger partial charge in [0.15, 0.2) is 5.11 Å². The zero-order valence-corrected chi connectivity index (χ0v) is 12.0. The Morgan fingerprint density at radius 3 is 2.76 bits per heavy atom. The van der Waals surface area contributed by atoms with Crippen LogP contribution in [0, 0.1) is 0 Å². The van der Waals surface area contributed by atoms with Crippen LogP contribution in [0.2, 0.25) is 0 Å². The highest BCUT2D eigenvalue weighted by Gasteiger charge is 2.33. The molecule has 1 aromatic rings. The minimum absolute atomic E-state index is 0.0775. The van der Waals surface area contributed by atoms with Crippen LogP contribution in [0.5, 0.6) is 0 Å². The number of para-hydroxylation sites is 1. The van der Waals surface area contributed by atoms with Gasteiger partial charge in [-0.15, -0.1) is 0 Å². The van der Waals surface area contributed by atoms with Gasteiger partial charge in [-0.05, 0) is 37.2 Å². The SMILES string of the molecule is FC(F)(F)c1ccccc1NNC(=S)NCC1CCCO1. The zero-order chi connectivity index (χ0) is 15.3. The Kier molecular flexibility index (Phi) is 5.24. The lowest BCUT2D eigenvalue weighted by Gasteiger charge is -2.17. The zero-order valence-electron chi connectivity index (χ0n) is 11.2. The molecule has 0 radical (unpaired) electrons. The molecular formula is C13H16F3N3OS. The first-order valence-corrected chi connectivity index (χ1v) is 6.95. The van der Waals surface area contributed by atoms with Crippen LogP contribution in [-0.4, -0.2) is 24.4 Å². The molecule has 0 aliphatic carbocycles. The molecule has 1 heterocycles. The number of anilines is 1. The standard InChI is InChI=1S/C13H16F3N3OS/c14-13(15,16)10-5-1-2-6-11(10)18-19-12(21)17-8-9-4-3-7-20-9/h1-2,5-6,9,18H,3-4,7-8H2,(H2,17,19,21). The number of ether oxygens (including phenoxy) is 1. The van der Waals surface area contributed by atoms with Crippen LogP contribution in [-0.2, 0) is 10.9 Å². The van der Waals surface area contributed by atoms with Gasteiger partial charge in [-0.2, -0.15) is 13.2 Å². The summed E-state index contributed by atoms with van der Waals surface area (Å²) in [4.78, 5) is 0. The normalized spacial score (nSPS) is 18.3. The fourth-order valence-electron chi connectivity index (χ4n) is 2.02. The number of hydrogen-bond donors (Lipinski definition) is 3. The molecule has 1 atom stereocenters. The van der Waals surface area contributed by atoms with E-state index >= 15 is 0 Å². The number of hydrogen-bond acceptors (Lipinski definition) is 3. The van der Waals surface area contributed by atoms with Crippen molar-refractivity contribution in [3.05, 3.63) is 29.8 Å². The summed E-state index contributed by atoms with van der Waals surface area (Å²) in [6.45, 7) is 1.28. The van der Waals surface area contributed by atoms with Crippen molar-refractivity contribution in [3.8, 4) is 0 Å². The molecule has 1 saturated heterocycles. The fraction of sp³-hybridized carbons (Fsp3) is 0.462. The fourth-order valence-corrected chi connectivity index (χ4v) is 2.15. The summed E-state index contributed by atoms with van der Waals surface area (Å²) in [7, 11) is 0. The third-order valence-electron chi connectivity index (χ3n) is 3.06. The van der Waals surface area contributed by atoms with Crippen LogP contribution in [0.3, 0.4) is 0 Å². The van der Waals surface area contributed by atoms with E-state index in [0.717, 1.165) is 25.5 Å². The van der Waals surface area contributed by atoms with E-state index in [1.165, 1.54) is 18.2 Å². The molecule has 1 fully saturated rings. The Bertz CT molecular complexity index is 490. The Hall–Kier alpha value is -1.54. The van der Waals surface area contributed by atoms with Gasteiger partial charge in [0.1, 0.15) is 0 Å². The molecule has 8 heteroatoms. The molecule has 1 aliphatic rings. The molecule has 0 amide bonds. The molecule has 2 rings (SSSR count). The summed E-state index contributed by atoms with van der Waals surface area (Å²) >= 11 is 5.00. The molecule has 21 heavy (non-hydrogen) atoms. The number of rotatable bonds is 4. The van der Waals surface area contributed by atoms with Crippen molar-refractivity contribution in [2.45, 2.75) is 25.1 Å². The predicted molar refractivity (Wildman–Crippen MR) is 77.8 cm³/mol. The average Bonchev–Trinajstić information content (AvgIpc) is 2.95. The van der Waals surface area contributed by atoms with Crippen molar-refractivity contribution in [2.24, 2.45) is 0 Å². The summed E-state index contributed by atoms with van der Waals surface area (Å²) in [5.74, 6) is 0. The average molecular weight is 319 g/mol. The number of hydrazine groups is 1. The smallest absolute Gasteiger partial charge is 0.376 e. The maximum absolute atomic E-state index is 12.8. The third-order valence-corrected chi connectivity index (χ3v) is 3.30. The molecule has 0 aromatic heterocycles. The van der Waals surface area contributed by atoms with Crippen molar-refractivity contribution >= 4 is 23.0 Å². The van der Waals surface area contributed by atoms with E-state index in [1.54, 1.807) is 0 Å². The van der Waals surface area contributed by atoms with Gasteiger partial charge >= 0.3 is 6.18 Å². The molecule has 0 spiro atoms. The van der Waals surface area contributed by atoms with Gasteiger partial charge in [-0.25, -0.2) is 0 Å². The van der Waals surface area contributed by atoms with E-state index in [2.05, 4.69) is 16.2 Å². The van der Waals surface area contributed by atoms with Gasteiger partial charge in [-0.3, -0.25) is 10.9 Å². The first-order chi connectivity index (χ1) is 9.97. The van der Waals surface area contributed by atoms with Crippen molar-refractivity contribution < 1.29 is 17.9 Å². The largest absolute Gasteiger partial charge is 0.418 e. The molecule has 1 unspecified atom stereocenters. The number of halogens is 3. The highest BCUT2D eigenvalue weighted by Crippen LogP contribution is 2.34. The lowest BCUT2D eigenvalue weighted by molar-refractivity contribution is -0.137. The van der Waals surface area contributed by atoms with Crippen LogP contribution < -0.4 is 16.2 Å². The molecule has 3 N–H and O–H groups in total. The van der Waals surface area contributed by atoms with Gasteiger partial charge < -0.3 is 10.1 Å². The maximum Gasteiger partial charge on any atom is 0.418 e. The summed E-state index contributed by atoms with van der Waals surface area (Å²) in [5.41, 5.74) is 4.20. The third kappa shape index (κ3) is 4.75. The van der Waals surface area contributed by atoms with Gasteiger partial charge in [0.2, 0.25) is 0 Å². The van der Waals surface area contributed by atoms with Crippen LogP contribution >= 0.6 is 12.2 Å². The monoisotopic (exact) mass is 319 g/mol. The van der Waals surface area contributed by atoms with E-state index in [0.29, 0.717) is 6.54 Å². The van der Waals surface area contributed by atoms with Crippen LogP contribution in [0.15, 0.2) is 24.3 Å². The number of nitrogens with one attached hydrogen (secondary N) is 3. The second-order valence-electron chi connectivity index (χ2n) is 4.64. The molecule has 1 aliphatic heterocycles. The summed E-state index contributed by atoms with van der Waals surface area (Å²) < 4.78 is 43.8. The van der Waals surface area contributed by atoms with E-state index in [1.807, 2.05) is 0 Å². The Balaban J connectivity index is 1.83. The lowest BCUT2D eigenvalue weighted by Crippen LogP contribution is -2.42. The first-order valence-electron chi connectivity index (χ1n) is 6.54. The first kappa shape index (κ1) is 15.8. The van der Waals surface area contributed by atoms with E-state index in [9.17, 15) is 13.2 Å². The van der Waals surface area contributed by atoms with Crippen LogP contribution in [0.4, 0.5) is 18.9 Å². The van der Waals surface area contributed by atoms with Crippen molar-refractivity contribution in [1.29, 1.82) is 0 Å². The second-order valence-corrected chi connectivity index (χ2v) is 5.05. The number of alkyl halides is 3. The topological polar surface area (TPSA) is 45.3 Å². The number of thiocarbonyl (C=S) groups is 1. The maximum atomic E-state index is 12.8. The van der Waals surface area contributed by atoms with E-state index in [-0.39, 0.29) is 16.9 Å². The molecular weight excluding hydrogens is 303 g/mol. The predicted octanol–water partition coefficient (Wildman–Crippen LogP) is 2.68. The van der Waals surface area contributed by atoms with Gasteiger partial charge in [0.25, 0.3) is 0 Å². The summed E-state index contributed by atoms with van der Waals surface area (Å²) in [6.07, 6.45) is -2.34. The molecule has 0 saturated carbocycles. The summed E-state index contributed by atoms with van der Waals surface area (Å²) in [5, 5.41) is 3.13. The molecule has 1 aromatic carbocycles. The van der Waals surface area contributed by atoms with Gasteiger partial charge in [-0.1, -0.05) is 12.1 Å². The molecule has 0 bridgehead atoms. The minimum Gasteiger partial charge on any atom is -0.376 e. The second kappa shape index (κ2) is 6.95. The lowest BCUT2D eigenvalue weighted by atomic mass is 10.2. The highest BCUT2D eigenvalue weighted by atomic mass is 32.1. The van der Waals surface area contributed by atoms with Crippen molar-refractivity contribution in [1.82, 2.24) is 10.7 Å². The van der Waals surface area contributed by atoms with Crippen molar-refractivity contribution in [2.75, 3.05) is 18.6 Å². The Morgan fingerprint density at radius 1 is 1.33 bits per heavy atom. The molecule has 4 nitrogen and oxygen atoms in total. The molecule has 116 valence electrons. The van der Waals surface area contributed by atoms with E-state index < -0.39 is 11.7 Å². The highest BCUT2D eigenvalue weighted by molar-refractivity contribution is 7.80. The Labute approximate surface area is 126 Å². The van der Waals surface area contributed by atoms with Crippen molar-refractivity contribution in [3.63, 3.8) is 0 Å². The van der Waals surface area contributed by atoms with Crippen LogP contribution in [0.1, 0.15) is 18.4 Å².